The van der Waals surface area contributed by atoms with Crippen LogP contribution in [0.1, 0.15) is 49.7 Å². The van der Waals surface area contributed by atoms with Crippen LogP contribution in [0.5, 0.6) is 0 Å². The first-order valence-corrected chi connectivity index (χ1v) is 13.0. The Labute approximate surface area is 201 Å². The normalized spacial score (nSPS) is 13.3. The Morgan fingerprint density at radius 3 is 2.73 bits per heavy atom. The van der Waals surface area contributed by atoms with Crippen LogP contribution in [0.2, 0.25) is 0 Å². The fraction of sp³-hybridized carbons (Fsp3) is 0.280. The third-order valence-electron chi connectivity index (χ3n) is 5.54. The van der Waals surface area contributed by atoms with Crippen molar-refractivity contribution in [3.05, 3.63) is 71.0 Å². The number of carbonyl (C=O) groups is 1. The Morgan fingerprint density at radius 2 is 2.00 bits per heavy atom. The van der Waals surface area contributed by atoms with E-state index in [-0.39, 0.29) is 5.91 Å². The molecule has 0 radical (unpaired) electrons. The van der Waals surface area contributed by atoms with E-state index in [1.807, 2.05) is 24.3 Å². The molecule has 0 atom stereocenters. The van der Waals surface area contributed by atoms with Crippen LogP contribution in [0, 0.1) is 0 Å². The molecule has 168 valence electrons. The lowest BCUT2D eigenvalue weighted by atomic mass is 10.1. The lowest BCUT2D eigenvalue weighted by molar-refractivity contribution is -0.114. The molecule has 6 nitrogen and oxygen atoms in total. The summed E-state index contributed by atoms with van der Waals surface area (Å²) in [7, 11) is 0. The molecule has 4 aromatic rings. The summed E-state index contributed by atoms with van der Waals surface area (Å²) in [5, 5.41) is 15.9. The number of nitrogens with zero attached hydrogens (tertiary/aromatic N) is 4. The molecule has 0 aliphatic heterocycles. The monoisotopic (exact) mass is 475 g/mol. The predicted molar refractivity (Wildman–Crippen MR) is 134 cm³/mol. The van der Waals surface area contributed by atoms with Crippen molar-refractivity contribution >= 4 is 34.7 Å². The van der Waals surface area contributed by atoms with Crippen molar-refractivity contribution in [3.8, 4) is 16.3 Å². The zero-order valence-corrected chi connectivity index (χ0v) is 20.2. The highest BCUT2D eigenvalue weighted by Gasteiger charge is 2.31. The number of benzene rings is 2. The summed E-state index contributed by atoms with van der Waals surface area (Å²) in [5.41, 5.74) is 5.26. The highest BCUT2D eigenvalue weighted by atomic mass is 32.2. The second-order valence-corrected chi connectivity index (χ2v) is 9.97. The van der Waals surface area contributed by atoms with Crippen LogP contribution in [-0.4, -0.2) is 25.7 Å². The molecule has 5 rings (SSSR count). The van der Waals surface area contributed by atoms with Gasteiger partial charge >= 0.3 is 0 Å². The highest BCUT2D eigenvalue weighted by molar-refractivity contribution is 7.98. The molecular weight excluding hydrogens is 450 g/mol. The molecule has 1 amide bonds. The summed E-state index contributed by atoms with van der Waals surface area (Å²) in [6.45, 7) is 3.68. The van der Waals surface area contributed by atoms with E-state index in [1.54, 1.807) is 23.1 Å². The maximum Gasteiger partial charge on any atom is 0.221 e. The average molecular weight is 476 g/mol. The van der Waals surface area contributed by atoms with Gasteiger partial charge in [0.05, 0.1) is 11.4 Å². The fourth-order valence-electron chi connectivity index (χ4n) is 3.68. The summed E-state index contributed by atoms with van der Waals surface area (Å²) in [6, 6.07) is 16.5. The molecule has 2 aromatic carbocycles. The van der Waals surface area contributed by atoms with Gasteiger partial charge in [0.25, 0.3) is 0 Å². The molecule has 2 aromatic heterocycles. The number of hydrogen-bond acceptors (Lipinski definition) is 6. The third-order valence-corrected chi connectivity index (χ3v) is 7.44. The summed E-state index contributed by atoms with van der Waals surface area (Å²) >= 11 is 3.31. The molecule has 1 fully saturated rings. The lowest BCUT2D eigenvalue weighted by Gasteiger charge is -2.11. The van der Waals surface area contributed by atoms with Crippen LogP contribution in [0.15, 0.2) is 59.1 Å². The molecule has 1 aliphatic carbocycles. The third kappa shape index (κ3) is 5.02. The van der Waals surface area contributed by atoms with E-state index in [2.05, 4.69) is 56.7 Å². The fourth-order valence-corrected chi connectivity index (χ4v) is 5.46. The van der Waals surface area contributed by atoms with Gasteiger partial charge in [0.1, 0.15) is 10.8 Å². The van der Waals surface area contributed by atoms with Gasteiger partial charge in [-0.2, -0.15) is 0 Å². The minimum Gasteiger partial charge on any atom is -0.326 e. The standard InChI is InChI=1S/C25H25N5OS2/c1-3-17-7-9-19(10-8-17)24-27-21(14-32-24)15-33-25-29-28-23(18-11-12-18)30(25)22-6-4-5-20(13-22)26-16(2)31/h4-10,13-14,18H,3,11-12,15H2,1-2H3,(H,26,31). The van der Waals surface area contributed by atoms with E-state index in [9.17, 15) is 4.79 Å². The van der Waals surface area contributed by atoms with E-state index in [0.29, 0.717) is 5.92 Å². The number of carbonyl (C=O) groups excluding carboxylic acids is 1. The zero-order chi connectivity index (χ0) is 22.8. The van der Waals surface area contributed by atoms with E-state index in [1.165, 1.54) is 12.5 Å². The molecule has 0 bridgehead atoms. The predicted octanol–water partition coefficient (Wildman–Crippen LogP) is 6.08. The number of amides is 1. The number of thiazole rings is 1. The van der Waals surface area contributed by atoms with Gasteiger partial charge in [0.2, 0.25) is 5.91 Å². The van der Waals surface area contributed by atoms with Gasteiger partial charge in [-0.25, -0.2) is 4.98 Å². The number of aryl methyl sites for hydroxylation is 1. The Morgan fingerprint density at radius 1 is 1.18 bits per heavy atom. The van der Waals surface area contributed by atoms with Gasteiger partial charge < -0.3 is 5.32 Å². The first-order valence-electron chi connectivity index (χ1n) is 11.1. The lowest BCUT2D eigenvalue weighted by Crippen LogP contribution is -2.07. The van der Waals surface area contributed by atoms with E-state index < -0.39 is 0 Å². The van der Waals surface area contributed by atoms with Crippen LogP contribution < -0.4 is 5.32 Å². The smallest absolute Gasteiger partial charge is 0.221 e. The minimum atomic E-state index is -0.0865. The van der Waals surface area contributed by atoms with Crippen molar-refractivity contribution in [1.29, 1.82) is 0 Å². The van der Waals surface area contributed by atoms with Crippen LogP contribution in [-0.2, 0) is 17.0 Å². The van der Waals surface area contributed by atoms with Gasteiger partial charge in [0, 0.05) is 35.2 Å². The summed E-state index contributed by atoms with van der Waals surface area (Å²) in [4.78, 5) is 16.4. The summed E-state index contributed by atoms with van der Waals surface area (Å²) in [6.07, 6.45) is 3.32. The molecule has 0 unspecified atom stereocenters. The summed E-state index contributed by atoms with van der Waals surface area (Å²) in [5.74, 6) is 2.08. The van der Waals surface area contributed by atoms with Crippen molar-refractivity contribution < 1.29 is 4.79 Å². The number of nitrogens with one attached hydrogen (secondary N) is 1. The molecule has 2 heterocycles. The second-order valence-electron chi connectivity index (χ2n) is 8.17. The van der Waals surface area contributed by atoms with Crippen LogP contribution >= 0.6 is 23.1 Å². The van der Waals surface area contributed by atoms with Crippen LogP contribution in [0.3, 0.4) is 0 Å². The molecule has 0 saturated heterocycles. The first-order chi connectivity index (χ1) is 16.1. The quantitative estimate of drug-likeness (QED) is 0.313. The van der Waals surface area contributed by atoms with Crippen molar-refractivity contribution in [1.82, 2.24) is 19.7 Å². The Bertz CT molecular complexity index is 1270. The number of anilines is 1. The first kappa shape index (κ1) is 21.9. The minimum absolute atomic E-state index is 0.0865. The maximum atomic E-state index is 11.5. The average Bonchev–Trinajstić information content (AvgIpc) is 3.40. The molecule has 33 heavy (non-hydrogen) atoms. The summed E-state index contributed by atoms with van der Waals surface area (Å²) < 4.78 is 2.13. The van der Waals surface area contributed by atoms with Gasteiger partial charge in [-0.05, 0) is 43.0 Å². The van der Waals surface area contributed by atoms with Gasteiger partial charge in [-0.3, -0.25) is 9.36 Å². The van der Waals surface area contributed by atoms with Crippen LogP contribution in [0.4, 0.5) is 5.69 Å². The number of thioether (sulfide) groups is 1. The molecule has 8 heteroatoms. The Balaban J connectivity index is 1.37. The maximum absolute atomic E-state index is 11.5. The van der Waals surface area contributed by atoms with Crippen molar-refractivity contribution in [2.75, 3.05) is 5.32 Å². The van der Waals surface area contributed by atoms with Crippen molar-refractivity contribution in [2.45, 2.75) is 49.9 Å². The van der Waals surface area contributed by atoms with Gasteiger partial charge in [-0.15, -0.1) is 21.5 Å². The Kier molecular flexibility index (Phi) is 6.28. The topological polar surface area (TPSA) is 72.7 Å². The Hall–Kier alpha value is -2.97. The van der Waals surface area contributed by atoms with Gasteiger partial charge in [0.15, 0.2) is 5.16 Å². The zero-order valence-electron chi connectivity index (χ0n) is 18.6. The van der Waals surface area contributed by atoms with E-state index in [4.69, 9.17) is 4.98 Å². The number of rotatable bonds is 8. The number of hydrogen-bond donors (Lipinski definition) is 1. The molecule has 1 saturated carbocycles. The second kappa shape index (κ2) is 9.49. The van der Waals surface area contributed by atoms with Crippen LogP contribution in [0.25, 0.3) is 16.3 Å². The van der Waals surface area contributed by atoms with E-state index >= 15 is 0 Å². The molecular formula is C25H25N5OS2. The largest absolute Gasteiger partial charge is 0.326 e. The van der Waals surface area contributed by atoms with Gasteiger partial charge in [-0.1, -0.05) is 49.0 Å². The van der Waals surface area contributed by atoms with Crippen molar-refractivity contribution in [3.63, 3.8) is 0 Å². The van der Waals surface area contributed by atoms with Crippen molar-refractivity contribution in [2.24, 2.45) is 0 Å². The number of aromatic nitrogens is 4. The SMILES string of the molecule is CCc1ccc(-c2nc(CSc3nnc(C4CC4)n3-c3cccc(NC(C)=O)c3)cs2)cc1. The molecule has 1 N–H and O–H groups in total. The molecule has 0 spiro atoms. The highest BCUT2D eigenvalue weighted by Crippen LogP contribution is 2.41. The molecule has 1 aliphatic rings. The van der Waals surface area contributed by atoms with E-state index in [0.717, 1.165) is 63.6 Å².